The molecule has 244 valence electrons. The zero-order valence-electron chi connectivity index (χ0n) is 25.5. The SMILES string of the molecule is CCCc1c(Cc2ccc(-c3ccccc3-c3noc(=O)[nH]3)cc2)c(=O)n(C2CCC(OCC(O)(CF)CF)CC2)c2ncnn12.[KH]. The Bertz CT molecular complexity index is 1910. The van der Waals surface area contributed by atoms with Gasteiger partial charge in [-0.1, -0.05) is 67.0 Å². The molecule has 0 radical (unpaired) electrons. The molecule has 14 heteroatoms. The van der Waals surface area contributed by atoms with E-state index in [1.54, 1.807) is 9.08 Å². The van der Waals surface area contributed by atoms with E-state index in [4.69, 9.17) is 9.26 Å². The molecule has 47 heavy (non-hydrogen) atoms. The first-order valence-corrected chi connectivity index (χ1v) is 15.5. The van der Waals surface area contributed by atoms with Crippen molar-refractivity contribution in [2.45, 2.75) is 69.6 Å². The van der Waals surface area contributed by atoms with Crippen LogP contribution in [-0.2, 0) is 17.6 Å². The molecule has 1 saturated carbocycles. The first-order valence-electron chi connectivity index (χ1n) is 15.5. The zero-order valence-corrected chi connectivity index (χ0v) is 25.5. The van der Waals surface area contributed by atoms with Crippen LogP contribution in [0.1, 0.15) is 61.9 Å². The van der Waals surface area contributed by atoms with Crippen molar-refractivity contribution < 1.29 is 23.1 Å². The normalized spacial score (nSPS) is 16.8. The summed E-state index contributed by atoms with van der Waals surface area (Å²) in [6.07, 6.45) is 5.42. The van der Waals surface area contributed by atoms with E-state index in [1.807, 2.05) is 48.5 Å². The van der Waals surface area contributed by atoms with Gasteiger partial charge in [-0.15, -0.1) is 0 Å². The summed E-state index contributed by atoms with van der Waals surface area (Å²) in [4.78, 5) is 32.9. The third-order valence-corrected chi connectivity index (χ3v) is 8.68. The molecule has 0 amide bonds. The number of nitrogens with one attached hydrogen (secondary N) is 1. The number of aromatic amines is 1. The van der Waals surface area contributed by atoms with Crippen molar-refractivity contribution >= 4 is 57.2 Å². The summed E-state index contributed by atoms with van der Waals surface area (Å²) in [6.45, 7) is -0.788. The van der Waals surface area contributed by atoms with Gasteiger partial charge in [0.2, 0.25) is 5.78 Å². The molecule has 0 unspecified atom stereocenters. The van der Waals surface area contributed by atoms with Crippen molar-refractivity contribution in [3.63, 3.8) is 0 Å². The molecule has 1 aliphatic carbocycles. The van der Waals surface area contributed by atoms with Crippen molar-refractivity contribution in [1.29, 1.82) is 0 Å². The van der Waals surface area contributed by atoms with Crippen molar-refractivity contribution in [2.24, 2.45) is 0 Å². The number of aryl methyl sites for hydroxylation is 1. The quantitative estimate of drug-likeness (QED) is 0.190. The number of aliphatic hydroxyl groups is 1. The van der Waals surface area contributed by atoms with Gasteiger partial charge in [0.1, 0.15) is 25.3 Å². The van der Waals surface area contributed by atoms with Gasteiger partial charge in [0, 0.05) is 23.6 Å². The summed E-state index contributed by atoms with van der Waals surface area (Å²) in [6, 6.07) is 15.3. The number of hydrogen-bond acceptors (Lipinski definition) is 8. The molecule has 5 aromatic rings. The number of hydrogen-bond donors (Lipinski definition) is 2. The van der Waals surface area contributed by atoms with Crippen LogP contribution in [0, 0.1) is 0 Å². The number of fused-ring (bicyclic) bond motifs is 1. The number of aromatic nitrogens is 6. The van der Waals surface area contributed by atoms with Gasteiger partial charge >= 0.3 is 57.1 Å². The second-order valence-corrected chi connectivity index (χ2v) is 11.9. The molecule has 0 bridgehead atoms. The summed E-state index contributed by atoms with van der Waals surface area (Å²) in [5, 5.41) is 18.3. The van der Waals surface area contributed by atoms with Crippen LogP contribution in [0.3, 0.4) is 0 Å². The average molecular weight is 675 g/mol. The molecule has 3 heterocycles. The second-order valence-electron chi connectivity index (χ2n) is 11.9. The molecular formula is C33H37F2KN6O5. The third-order valence-electron chi connectivity index (χ3n) is 8.68. The van der Waals surface area contributed by atoms with E-state index >= 15 is 0 Å². The minimum atomic E-state index is -2.12. The monoisotopic (exact) mass is 674 g/mol. The van der Waals surface area contributed by atoms with Gasteiger partial charge in [-0.25, -0.2) is 18.1 Å². The topological polar surface area (TPSA) is 141 Å². The molecule has 1 fully saturated rings. The standard InChI is InChI=1S/C33H36F2N6O5.K.H/c1-2-5-28-27(16-21-8-10-22(11-9-21)25-6-3-4-7-26(25)29-38-32(43)46-39-29)30(42)40(31-36-20-37-41(28)31)23-12-14-24(15-13-23)45-19-33(44,17-34)18-35;;/h3-4,6-11,20,23-24,44H,2,5,12-19H2,1H3,(H,38,39,43);;. The van der Waals surface area contributed by atoms with Gasteiger partial charge in [0.05, 0.1) is 18.4 Å². The molecule has 6 rings (SSSR count). The fourth-order valence-electron chi connectivity index (χ4n) is 6.23. The van der Waals surface area contributed by atoms with Crippen molar-refractivity contribution in [3.05, 3.63) is 92.6 Å². The van der Waals surface area contributed by atoms with Crippen molar-refractivity contribution in [2.75, 3.05) is 20.0 Å². The summed E-state index contributed by atoms with van der Waals surface area (Å²) < 4.78 is 40.0. The number of ether oxygens (including phenoxy) is 1. The fourth-order valence-corrected chi connectivity index (χ4v) is 6.23. The Morgan fingerprint density at radius 1 is 1.04 bits per heavy atom. The van der Waals surface area contributed by atoms with Gasteiger partial charge < -0.3 is 9.84 Å². The Kier molecular flexibility index (Phi) is 11.7. The first-order chi connectivity index (χ1) is 22.3. The molecule has 11 nitrogen and oxygen atoms in total. The van der Waals surface area contributed by atoms with E-state index < -0.39 is 31.3 Å². The summed E-state index contributed by atoms with van der Waals surface area (Å²) >= 11 is 0. The molecule has 2 N–H and O–H groups in total. The zero-order chi connectivity index (χ0) is 32.3. The van der Waals surface area contributed by atoms with Crippen LogP contribution in [0.25, 0.3) is 28.3 Å². The minimum absolute atomic E-state index is 0. The maximum absolute atomic E-state index is 14.3. The van der Waals surface area contributed by atoms with E-state index in [0.717, 1.165) is 34.4 Å². The van der Waals surface area contributed by atoms with Crippen LogP contribution < -0.4 is 11.3 Å². The van der Waals surface area contributed by atoms with E-state index in [1.165, 1.54) is 6.33 Å². The van der Waals surface area contributed by atoms with Crippen molar-refractivity contribution in [1.82, 2.24) is 29.3 Å². The van der Waals surface area contributed by atoms with E-state index in [-0.39, 0.29) is 69.1 Å². The van der Waals surface area contributed by atoms with Gasteiger partial charge in [-0.3, -0.25) is 18.9 Å². The Morgan fingerprint density at radius 3 is 2.38 bits per heavy atom. The summed E-state index contributed by atoms with van der Waals surface area (Å²) in [5.41, 5.74) is 2.71. The number of nitrogens with zero attached hydrogens (tertiary/aromatic N) is 5. The average Bonchev–Trinajstić information content (AvgIpc) is 3.75. The molecule has 3 aromatic heterocycles. The molecule has 0 aliphatic heterocycles. The number of H-pyrrole nitrogens is 1. The van der Waals surface area contributed by atoms with Gasteiger partial charge in [-0.05, 0) is 48.8 Å². The molecular weight excluding hydrogens is 637 g/mol. The van der Waals surface area contributed by atoms with Gasteiger partial charge in [-0.2, -0.15) is 10.1 Å². The van der Waals surface area contributed by atoms with Crippen LogP contribution in [-0.4, -0.2) is 117 Å². The second kappa shape index (κ2) is 15.6. The fraction of sp³-hybridized carbons (Fsp3) is 0.424. The molecule has 1 aliphatic rings. The Labute approximate surface area is 311 Å². The number of benzene rings is 2. The Hall–Kier alpha value is -2.85. The van der Waals surface area contributed by atoms with E-state index in [2.05, 4.69) is 27.1 Å². The number of halogens is 2. The predicted octanol–water partition coefficient (Wildman–Crippen LogP) is 3.97. The molecule has 0 spiro atoms. The van der Waals surface area contributed by atoms with Crippen LogP contribution in [0.2, 0.25) is 0 Å². The molecule has 0 saturated heterocycles. The van der Waals surface area contributed by atoms with Gasteiger partial charge in [0.25, 0.3) is 5.56 Å². The van der Waals surface area contributed by atoms with Crippen LogP contribution >= 0.6 is 0 Å². The van der Waals surface area contributed by atoms with Gasteiger partial charge in [0.15, 0.2) is 5.82 Å². The predicted molar refractivity (Wildman–Crippen MR) is 173 cm³/mol. The maximum atomic E-state index is 14.3. The van der Waals surface area contributed by atoms with Crippen LogP contribution in [0.5, 0.6) is 0 Å². The Morgan fingerprint density at radius 2 is 1.74 bits per heavy atom. The van der Waals surface area contributed by atoms with E-state index in [9.17, 15) is 23.5 Å². The molecule has 0 atom stereocenters. The van der Waals surface area contributed by atoms with Crippen LogP contribution in [0.15, 0.2) is 69.0 Å². The van der Waals surface area contributed by atoms with E-state index in [0.29, 0.717) is 55.7 Å². The van der Waals surface area contributed by atoms with Crippen LogP contribution in [0.4, 0.5) is 8.78 Å². The summed E-state index contributed by atoms with van der Waals surface area (Å²) in [5.74, 6) is 0.209. The van der Waals surface area contributed by atoms with Crippen molar-refractivity contribution in [3.8, 4) is 22.5 Å². The third kappa shape index (κ3) is 7.58. The molecule has 2 aromatic carbocycles. The Balaban J connectivity index is 0.00000433. The number of rotatable bonds is 12. The number of alkyl halides is 2. The summed E-state index contributed by atoms with van der Waals surface area (Å²) in [7, 11) is 0. The first kappa shape index (κ1) is 35.5.